The number of aliphatic imine (C=N–C) groups is 1. The number of fused-ring (bicyclic) bond motifs is 2. The van der Waals surface area contributed by atoms with Gasteiger partial charge < -0.3 is 10.1 Å². The van der Waals surface area contributed by atoms with Gasteiger partial charge >= 0.3 is 0 Å². The molecule has 0 atom stereocenters. The van der Waals surface area contributed by atoms with Gasteiger partial charge in [-0.1, -0.05) is 52.0 Å². The summed E-state index contributed by atoms with van der Waals surface area (Å²) < 4.78 is 9.50. The SMILES string of the molecule is CC.CC.CF.O=C1C(c2[nH]c3c(c2O)=CCCC=3)=Nc2ccccc21.[HH].[HH]. The van der Waals surface area contributed by atoms with E-state index in [4.69, 9.17) is 0 Å². The van der Waals surface area contributed by atoms with Gasteiger partial charge in [0.1, 0.15) is 17.2 Å². The Kier molecular flexibility index (Phi) is 8.49. The second-order valence-corrected chi connectivity index (χ2v) is 4.97. The van der Waals surface area contributed by atoms with Gasteiger partial charge in [0.25, 0.3) is 0 Å². The fourth-order valence-electron chi connectivity index (χ4n) is 2.75. The first kappa shape index (κ1) is 21.4. The fraction of sp³-hybridized carbons (Fsp3) is 0.333. The molecule has 4 rings (SSSR count). The van der Waals surface area contributed by atoms with Crippen molar-refractivity contribution < 1.29 is 17.1 Å². The molecule has 0 spiro atoms. The van der Waals surface area contributed by atoms with E-state index in [1.54, 1.807) is 12.1 Å². The van der Waals surface area contributed by atoms with Crippen LogP contribution in [0.2, 0.25) is 0 Å². The molecule has 1 aromatic heterocycles. The highest BCUT2D eigenvalue weighted by atomic mass is 19.1. The zero-order chi connectivity index (χ0) is 19.7. The first-order valence-electron chi connectivity index (χ1n) is 8.97. The summed E-state index contributed by atoms with van der Waals surface area (Å²) in [4.78, 5) is 19.9. The maximum atomic E-state index is 12.4. The normalized spacial score (nSPS) is 13.0. The van der Waals surface area contributed by atoms with Crippen molar-refractivity contribution in [3.63, 3.8) is 0 Å². The molecular formula is C21H31FN2O2. The number of hydrogen-bond donors (Lipinski definition) is 2. The average molecular weight is 362 g/mol. The van der Waals surface area contributed by atoms with Crippen LogP contribution in [-0.4, -0.2) is 28.8 Å². The lowest BCUT2D eigenvalue weighted by molar-refractivity contribution is 0.106. The molecular weight excluding hydrogens is 331 g/mol. The van der Waals surface area contributed by atoms with Crippen LogP contribution in [0.1, 0.15) is 59.4 Å². The summed E-state index contributed by atoms with van der Waals surface area (Å²) in [6, 6.07) is 7.22. The molecule has 144 valence electrons. The molecule has 0 saturated carbocycles. The van der Waals surface area contributed by atoms with Crippen LogP contribution in [0.3, 0.4) is 0 Å². The van der Waals surface area contributed by atoms with Crippen molar-refractivity contribution >= 4 is 29.3 Å². The van der Waals surface area contributed by atoms with Gasteiger partial charge in [0.2, 0.25) is 5.78 Å². The molecule has 2 N–H and O–H groups in total. The number of para-hydroxylation sites is 1. The number of carbonyl (C=O) groups is 1. The van der Waals surface area contributed by atoms with Crippen molar-refractivity contribution in [2.24, 2.45) is 4.99 Å². The van der Waals surface area contributed by atoms with Crippen LogP contribution in [0.4, 0.5) is 10.1 Å². The van der Waals surface area contributed by atoms with Crippen LogP contribution < -0.4 is 10.6 Å². The van der Waals surface area contributed by atoms with Crippen LogP contribution in [0.25, 0.3) is 12.2 Å². The molecule has 26 heavy (non-hydrogen) atoms. The van der Waals surface area contributed by atoms with E-state index in [-0.39, 0.29) is 14.4 Å². The molecule has 2 aliphatic rings. The molecule has 0 saturated heterocycles. The Labute approximate surface area is 156 Å². The standard InChI is InChI=1S/C16H12N2O2.2C2H6.CH3F.2H2/c19-15-9-5-1-3-7-11(9)17-13(15)14-16(20)10-6-2-4-8-12(10)18-14;3*1-2;;/h1,3,5-8,18,20H,2,4H2;2*1-2H3;1H3;2*1H. The van der Waals surface area contributed by atoms with E-state index in [2.05, 4.69) is 9.98 Å². The fourth-order valence-corrected chi connectivity index (χ4v) is 2.75. The summed E-state index contributed by atoms with van der Waals surface area (Å²) in [5.41, 5.74) is 1.96. The van der Waals surface area contributed by atoms with E-state index in [0.717, 1.165) is 23.4 Å². The maximum Gasteiger partial charge on any atom is 0.215 e. The largest absolute Gasteiger partial charge is 0.505 e. The number of nitrogens with zero attached hydrogens (tertiary/aromatic N) is 1. The van der Waals surface area contributed by atoms with E-state index < -0.39 is 0 Å². The van der Waals surface area contributed by atoms with Crippen molar-refractivity contribution in [2.45, 2.75) is 40.5 Å². The zero-order valence-corrected chi connectivity index (χ0v) is 16.1. The maximum absolute atomic E-state index is 12.4. The number of Topliss-reactive ketones (excluding diaryl/α,β-unsaturated/α-hetero) is 1. The van der Waals surface area contributed by atoms with Gasteiger partial charge in [0.15, 0.2) is 0 Å². The molecule has 1 aliphatic heterocycles. The third kappa shape index (κ3) is 3.93. The lowest BCUT2D eigenvalue weighted by Gasteiger charge is -1.96. The number of aromatic nitrogens is 1. The molecule has 0 radical (unpaired) electrons. The quantitative estimate of drug-likeness (QED) is 0.783. The van der Waals surface area contributed by atoms with Gasteiger partial charge in [-0.25, -0.2) is 4.99 Å². The third-order valence-electron chi connectivity index (χ3n) is 3.74. The van der Waals surface area contributed by atoms with Gasteiger partial charge in [-0.15, -0.1) is 0 Å². The molecule has 0 amide bonds. The van der Waals surface area contributed by atoms with Crippen molar-refractivity contribution in [1.29, 1.82) is 0 Å². The number of benzene rings is 1. The van der Waals surface area contributed by atoms with Crippen LogP contribution in [0.15, 0.2) is 29.3 Å². The minimum Gasteiger partial charge on any atom is -0.505 e. The minimum atomic E-state index is -0.144. The molecule has 0 bridgehead atoms. The number of rotatable bonds is 1. The molecule has 1 aromatic carbocycles. The predicted molar refractivity (Wildman–Crippen MR) is 111 cm³/mol. The van der Waals surface area contributed by atoms with Crippen molar-refractivity contribution in [1.82, 2.24) is 4.98 Å². The van der Waals surface area contributed by atoms with E-state index in [0.29, 0.717) is 29.8 Å². The Morgan fingerprint density at radius 2 is 1.69 bits per heavy atom. The predicted octanol–water partition coefficient (Wildman–Crippen LogP) is 4.52. The number of aromatic hydroxyl groups is 1. The molecule has 5 heteroatoms. The number of hydrogen-bond acceptors (Lipinski definition) is 3. The smallest absolute Gasteiger partial charge is 0.215 e. The Hall–Kier alpha value is -2.69. The van der Waals surface area contributed by atoms with Crippen molar-refractivity contribution in [3.05, 3.63) is 46.1 Å². The van der Waals surface area contributed by atoms with Crippen LogP contribution in [-0.2, 0) is 0 Å². The average Bonchev–Trinajstić information content (AvgIpc) is 3.24. The van der Waals surface area contributed by atoms with Gasteiger partial charge in [-0.05, 0) is 25.0 Å². The first-order chi connectivity index (χ1) is 12.8. The Bertz CT molecular complexity index is 906. The lowest BCUT2D eigenvalue weighted by atomic mass is 10.1. The monoisotopic (exact) mass is 362 g/mol. The number of alkyl halides is 1. The second kappa shape index (κ2) is 10.3. The number of halogens is 1. The van der Waals surface area contributed by atoms with Crippen molar-refractivity contribution in [3.8, 4) is 5.75 Å². The van der Waals surface area contributed by atoms with Gasteiger partial charge in [-0.3, -0.25) is 9.18 Å². The highest BCUT2D eigenvalue weighted by molar-refractivity contribution is 6.54. The van der Waals surface area contributed by atoms with E-state index in [9.17, 15) is 14.3 Å². The number of ketones is 1. The highest BCUT2D eigenvalue weighted by Crippen LogP contribution is 2.29. The molecule has 4 nitrogen and oxygen atoms in total. The van der Waals surface area contributed by atoms with Gasteiger partial charge in [0, 0.05) is 19.0 Å². The molecule has 2 heterocycles. The third-order valence-corrected chi connectivity index (χ3v) is 3.74. The number of nitrogens with one attached hydrogen (secondary N) is 1. The highest BCUT2D eigenvalue weighted by Gasteiger charge is 2.28. The molecule has 0 fully saturated rings. The summed E-state index contributed by atoms with van der Waals surface area (Å²) in [6.07, 6.45) is 5.86. The van der Waals surface area contributed by atoms with E-state index in [1.165, 1.54) is 0 Å². The molecule has 1 aliphatic carbocycles. The Balaban J connectivity index is 0. The summed E-state index contributed by atoms with van der Waals surface area (Å²) in [7, 11) is 0.500. The van der Waals surface area contributed by atoms with Crippen LogP contribution >= 0.6 is 0 Å². The van der Waals surface area contributed by atoms with Crippen LogP contribution in [0.5, 0.6) is 5.75 Å². The lowest BCUT2D eigenvalue weighted by Crippen LogP contribution is -2.24. The van der Waals surface area contributed by atoms with Crippen molar-refractivity contribution in [2.75, 3.05) is 7.18 Å². The summed E-state index contributed by atoms with van der Waals surface area (Å²) >= 11 is 0. The Morgan fingerprint density at radius 3 is 2.31 bits per heavy atom. The first-order valence-corrected chi connectivity index (χ1v) is 8.97. The van der Waals surface area contributed by atoms with E-state index in [1.807, 2.05) is 52.0 Å². The summed E-state index contributed by atoms with van der Waals surface area (Å²) in [5, 5.41) is 12.0. The van der Waals surface area contributed by atoms with Gasteiger partial charge in [-0.2, -0.15) is 0 Å². The number of aromatic amines is 1. The minimum absolute atomic E-state index is 0. The van der Waals surface area contributed by atoms with E-state index >= 15 is 0 Å². The molecule has 0 unspecified atom stereocenters. The van der Waals surface area contributed by atoms with Crippen LogP contribution in [0, 0.1) is 0 Å². The number of H-pyrrole nitrogens is 1. The Morgan fingerprint density at radius 1 is 1.08 bits per heavy atom. The topological polar surface area (TPSA) is 65.5 Å². The summed E-state index contributed by atoms with van der Waals surface area (Å²) in [5.74, 6) is -0.0228. The molecule has 2 aromatic rings. The summed E-state index contributed by atoms with van der Waals surface area (Å²) in [6.45, 7) is 8.00. The second-order valence-electron chi connectivity index (χ2n) is 4.97. The number of carbonyl (C=O) groups excluding carboxylic acids is 1. The zero-order valence-electron chi connectivity index (χ0n) is 16.1. The van der Waals surface area contributed by atoms with Gasteiger partial charge in [0.05, 0.1) is 12.9 Å².